The maximum absolute atomic E-state index is 13.6. The third-order valence-electron chi connectivity index (χ3n) is 3.33. The lowest BCUT2D eigenvalue weighted by atomic mass is 9.75. The van der Waals surface area contributed by atoms with Gasteiger partial charge in [-0.2, -0.15) is 0 Å². The Balaban J connectivity index is 2.20. The molecule has 1 aliphatic rings. The maximum atomic E-state index is 13.6. The average molecular weight is 209 g/mol. The van der Waals surface area contributed by atoms with Crippen molar-refractivity contribution in [3.05, 3.63) is 17.8 Å². The molecule has 1 N–H and O–H groups in total. The summed E-state index contributed by atoms with van der Waals surface area (Å²) in [7, 11) is 0. The first-order valence-electron chi connectivity index (χ1n) is 5.42. The third-order valence-corrected chi connectivity index (χ3v) is 3.33. The van der Waals surface area contributed by atoms with E-state index < -0.39 is 0 Å². The van der Waals surface area contributed by atoms with Gasteiger partial charge in [-0.1, -0.05) is 6.92 Å². The lowest BCUT2D eigenvalue weighted by Gasteiger charge is -2.42. The first-order chi connectivity index (χ1) is 7.17. The first-order valence-corrected chi connectivity index (χ1v) is 5.42. The molecule has 1 aliphatic carbocycles. The molecule has 0 bridgehead atoms. The van der Waals surface area contributed by atoms with Crippen molar-refractivity contribution >= 4 is 5.82 Å². The molecule has 0 amide bonds. The van der Waals surface area contributed by atoms with Crippen molar-refractivity contribution in [3.8, 4) is 0 Å². The van der Waals surface area contributed by atoms with Crippen LogP contribution in [0.2, 0.25) is 0 Å². The van der Waals surface area contributed by atoms with E-state index in [1.54, 1.807) is 6.92 Å². The Morgan fingerprint density at radius 1 is 1.47 bits per heavy atom. The van der Waals surface area contributed by atoms with E-state index in [2.05, 4.69) is 22.2 Å². The highest BCUT2D eigenvalue weighted by Crippen LogP contribution is 2.37. The molecule has 82 valence electrons. The van der Waals surface area contributed by atoms with Crippen LogP contribution in [0.25, 0.3) is 0 Å². The highest BCUT2D eigenvalue weighted by Gasteiger charge is 2.35. The molecular weight excluding hydrogens is 193 g/mol. The monoisotopic (exact) mass is 209 g/mol. The quantitative estimate of drug-likeness (QED) is 0.831. The molecule has 0 atom stereocenters. The summed E-state index contributed by atoms with van der Waals surface area (Å²) >= 11 is 0. The number of halogens is 1. The largest absolute Gasteiger partial charge is 0.362 e. The molecule has 1 heterocycles. The van der Waals surface area contributed by atoms with Crippen molar-refractivity contribution in [2.45, 2.75) is 45.1 Å². The van der Waals surface area contributed by atoms with E-state index in [1.807, 2.05) is 0 Å². The van der Waals surface area contributed by atoms with Gasteiger partial charge in [0.2, 0.25) is 0 Å². The van der Waals surface area contributed by atoms with E-state index in [4.69, 9.17) is 0 Å². The van der Waals surface area contributed by atoms with Crippen LogP contribution in [0.4, 0.5) is 10.2 Å². The minimum absolute atomic E-state index is 0.0711. The molecule has 1 saturated carbocycles. The van der Waals surface area contributed by atoms with Gasteiger partial charge < -0.3 is 5.32 Å². The van der Waals surface area contributed by atoms with Gasteiger partial charge in [-0.05, 0) is 32.6 Å². The van der Waals surface area contributed by atoms with E-state index >= 15 is 0 Å². The molecule has 4 heteroatoms. The fraction of sp³-hybridized carbons (Fsp3) is 0.636. The summed E-state index contributed by atoms with van der Waals surface area (Å²) in [6.45, 7) is 3.78. The average Bonchev–Trinajstić information content (AvgIpc) is 2.18. The van der Waals surface area contributed by atoms with Crippen LogP contribution in [0, 0.1) is 12.7 Å². The Hall–Kier alpha value is -1.19. The van der Waals surface area contributed by atoms with Crippen LogP contribution >= 0.6 is 0 Å². The number of hydrogen-bond donors (Lipinski definition) is 1. The van der Waals surface area contributed by atoms with Crippen LogP contribution in [0.15, 0.2) is 6.33 Å². The molecule has 1 fully saturated rings. The number of nitrogens with zero attached hydrogens (tertiary/aromatic N) is 2. The van der Waals surface area contributed by atoms with Crippen LogP contribution in [0.1, 0.15) is 38.3 Å². The number of hydrogen-bond acceptors (Lipinski definition) is 3. The van der Waals surface area contributed by atoms with Gasteiger partial charge in [0.05, 0.1) is 5.69 Å². The van der Waals surface area contributed by atoms with E-state index in [-0.39, 0.29) is 11.4 Å². The molecule has 1 aromatic heterocycles. The molecule has 0 spiro atoms. The summed E-state index contributed by atoms with van der Waals surface area (Å²) < 4.78 is 13.6. The fourth-order valence-corrected chi connectivity index (χ4v) is 1.97. The molecule has 1 aromatic rings. The summed E-state index contributed by atoms with van der Waals surface area (Å²) in [5, 5.41) is 3.22. The van der Waals surface area contributed by atoms with E-state index in [0.29, 0.717) is 11.5 Å². The van der Waals surface area contributed by atoms with Gasteiger partial charge in [0.1, 0.15) is 6.33 Å². The van der Waals surface area contributed by atoms with Crippen LogP contribution in [0.5, 0.6) is 0 Å². The molecule has 0 unspecified atom stereocenters. The second-order valence-corrected chi connectivity index (χ2v) is 4.23. The summed E-state index contributed by atoms with van der Waals surface area (Å²) in [5.41, 5.74) is 0.472. The predicted octanol–water partition coefficient (Wildman–Crippen LogP) is 2.67. The zero-order valence-electron chi connectivity index (χ0n) is 9.18. The molecule has 3 nitrogen and oxygen atoms in total. The number of rotatable bonds is 3. The number of aromatic nitrogens is 2. The van der Waals surface area contributed by atoms with Crippen molar-refractivity contribution in [1.82, 2.24) is 9.97 Å². The molecule has 15 heavy (non-hydrogen) atoms. The molecule has 0 saturated heterocycles. The van der Waals surface area contributed by atoms with Gasteiger partial charge >= 0.3 is 0 Å². The molecule has 0 aromatic carbocycles. The van der Waals surface area contributed by atoms with E-state index in [1.165, 1.54) is 12.7 Å². The normalized spacial score (nSPS) is 18.3. The van der Waals surface area contributed by atoms with Crippen molar-refractivity contribution in [3.63, 3.8) is 0 Å². The van der Waals surface area contributed by atoms with Gasteiger partial charge in [0.25, 0.3) is 0 Å². The second-order valence-electron chi connectivity index (χ2n) is 4.23. The van der Waals surface area contributed by atoms with Crippen molar-refractivity contribution in [2.75, 3.05) is 5.32 Å². The summed E-state index contributed by atoms with van der Waals surface area (Å²) in [6.07, 6.45) is 5.84. The van der Waals surface area contributed by atoms with Crippen molar-refractivity contribution in [1.29, 1.82) is 0 Å². The fourth-order valence-electron chi connectivity index (χ4n) is 1.97. The Morgan fingerprint density at radius 3 is 2.73 bits per heavy atom. The lowest BCUT2D eigenvalue weighted by molar-refractivity contribution is 0.267. The number of nitrogens with one attached hydrogen (secondary N) is 1. The van der Waals surface area contributed by atoms with Gasteiger partial charge in [0, 0.05) is 5.54 Å². The predicted molar refractivity (Wildman–Crippen MR) is 57.2 cm³/mol. The second kappa shape index (κ2) is 3.76. The van der Waals surface area contributed by atoms with Crippen molar-refractivity contribution < 1.29 is 4.39 Å². The molecular formula is C11H16FN3. The molecule has 0 radical (unpaired) electrons. The number of anilines is 1. The van der Waals surface area contributed by atoms with Crippen LogP contribution in [-0.4, -0.2) is 15.5 Å². The van der Waals surface area contributed by atoms with Crippen molar-refractivity contribution in [2.24, 2.45) is 0 Å². The highest BCUT2D eigenvalue weighted by atomic mass is 19.1. The minimum atomic E-state index is -0.322. The summed E-state index contributed by atoms with van der Waals surface area (Å²) in [5.74, 6) is 0.0290. The first kappa shape index (κ1) is 10.3. The SMILES string of the molecule is CCC1(Nc2ncnc(C)c2F)CCC1. The van der Waals surface area contributed by atoms with Crippen LogP contribution in [-0.2, 0) is 0 Å². The lowest BCUT2D eigenvalue weighted by Crippen LogP contribution is -2.44. The zero-order chi connectivity index (χ0) is 10.9. The zero-order valence-corrected chi connectivity index (χ0v) is 9.18. The smallest absolute Gasteiger partial charge is 0.186 e. The van der Waals surface area contributed by atoms with Gasteiger partial charge in [0.15, 0.2) is 11.6 Å². The van der Waals surface area contributed by atoms with Gasteiger partial charge in [-0.15, -0.1) is 0 Å². The van der Waals surface area contributed by atoms with E-state index in [0.717, 1.165) is 19.3 Å². The summed E-state index contributed by atoms with van der Waals surface area (Å²) in [6, 6.07) is 0. The number of aryl methyl sites for hydroxylation is 1. The highest BCUT2D eigenvalue weighted by molar-refractivity contribution is 5.40. The maximum Gasteiger partial charge on any atom is 0.186 e. The van der Waals surface area contributed by atoms with Crippen LogP contribution in [0.3, 0.4) is 0 Å². The Bertz CT molecular complexity index is 355. The minimum Gasteiger partial charge on any atom is -0.362 e. The Morgan fingerprint density at radius 2 is 2.20 bits per heavy atom. The topological polar surface area (TPSA) is 37.8 Å². The third kappa shape index (κ3) is 1.80. The molecule has 2 rings (SSSR count). The van der Waals surface area contributed by atoms with Gasteiger partial charge in [-0.25, -0.2) is 14.4 Å². The van der Waals surface area contributed by atoms with Crippen LogP contribution < -0.4 is 5.32 Å². The Kier molecular flexibility index (Phi) is 2.59. The summed E-state index contributed by atoms with van der Waals surface area (Å²) in [4.78, 5) is 7.77. The molecule has 0 aliphatic heterocycles. The van der Waals surface area contributed by atoms with E-state index in [9.17, 15) is 4.39 Å². The Labute approximate surface area is 89.1 Å². The van der Waals surface area contributed by atoms with Gasteiger partial charge in [-0.3, -0.25) is 0 Å². The standard InChI is InChI=1S/C11H16FN3/c1-3-11(5-4-6-11)15-10-9(12)8(2)13-7-14-10/h7H,3-6H2,1-2H3,(H,13,14,15).